The van der Waals surface area contributed by atoms with Crippen LogP contribution in [0.4, 0.5) is 0 Å². The van der Waals surface area contributed by atoms with Gasteiger partial charge in [-0.3, -0.25) is 15.0 Å². The first-order valence-electron chi connectivity index (χ1n) is 4.70. The lowest BCUT2D eigenvalue weighted by Gasteiger charge is -2.02. The van der Waals surface area contributed by atoms with E-state index in [0.717, 1.165) is 0 Å². The van der Waals surface area contributed by atoms with Gasteiger partial charge in [0.1, 0.15) is 12.4 Å². The first-order valence-corrected chi connectivity index (χ1v) is 5.08. The summed E-state index contributed by atoms with van der Waals surface area (Å²) in [6, 6.07) is 1.43. The summed E-state index contributed by atoms with van der Waals surface area (Å²) in [7, 11) is 0. The monoisotopic (exact) mass is 240 g/mol. The van der Waals surface area contributed by atoms with Crippen molar-refractivity contribution in [3.8, 4) is 0 Å². The number of ether oxygens (including phenoxy) is 1. The van der Waals surface area contributed by atoms with Crippen molar-refractivity contribution in [3.63, 3.8) is 0 Å². The number of hydrogen-bond acceptors (Lipinski definition) is 2. The van der Waals surface area contributed by atoms with Gasteiger partial charge in [-0.25, -0.2) is 0 Å². The summed E-state index contributed by atoms with van der Waals surface area (Å²) in [5.41, 5.74) is 0.480. The summed E-state index contributed by atoms with van der Waals surface area (Å²) in [6.45, 7) is 5.78. The van der Waals surface area contributed by atoms with Crippen LogP contribution < -0.4 is 5.56 Å². The summed E-state index contributed by atoms with van der Waals surface area (Å²) in [4.78, 5) is 10.8. The molecule has 0 unspecified atom stereocenters. The lowest BCUT2D eigenvalue weighted by Crippen LogP contribution is -1.94. The number of allylic oxidation sites excluding steroid dienone is 4. The Kier molecular flexibility index (Phi) is 4.66. The average Bonchev–Trinajstić information content (AvgIpc) is 2.69. The molecule has 0 radical (unpaired) electrons. The van der Waals surface area contributed by atoms with Crippen LogP contribution in [0.5, 0.6) is 0 Å². The Morgan fingerprint density at radius 3 is 2.88 bits per heavy atom. The molecule has 0 saturated heterocycles. The second kappa shape index (κ2) is 6.02. The molecule has 0 aliphatic rings. The van der Waals surface area contributed by atoms with Gasteiger partial charge >= 0.3 is 0 Å². The van der Waals surface area contributed by atoms with Gasteiger partial charge in [-0.1, -0.05) is 24.3 Å². The molecule has 1 aromatic heterocycles. The second-order valence-electron chi connectivity index (χ2n) is 3.05. The van der Waals surface area contributed by atoms with Crippen molar-refractivity contribution in [3.05, 3.63) is 57.7 Å². The van der Waals surface area contributed by atoms with E-state index in [4.69, 9.17) is 16.3 Å². The normalized spacial score (nSPS) is 12.0. The van der Waals surface area contributed by atoms with Gasteiger partial charge in [-0.05, 0) is 19.1 Å². The van der Waals surface area contributed by atoms with Crippen molar-refractivity contribution in [2.24, 2.45) is 0 Å². The number of H-pyrrole nitrogens is 2. The summed E-state index contributed by atoms with van der Waals surface area (Å²) in [5, 5.41) is 5.70. The molecule has 5 heteroatoms. The molecule has 0 atom stereocenters. The maximum absolute atomic E-state index is 10.8. The minimum absolute atomic E-state index is 0.184. The highest BCUT2D eigenvalue weighted by molar-refractivity contribution is 6.31. The number of aromatic amines is 2. The molecule has 0 spiro atoms. The third-order valence-corrected chi connectivity index (χ3v) is 2.11. The maximum Gasteiger partial charge on any atom is 0.264 e. The van der Waals surface area contributed by atoms with Crippen LogP contribution in [0.1, 0.15) is 12.6 Å². The zero-order valence-electron chi connectivity index (χ0n) is 8.92. The highest BCUT2D eigenvalue weighted by atomic mass is 35.5. The van der Waals surface area contributed by atoms with E-state index in [2.05, 4.69) is 16.8 Å². The summed E-state index contributed by atoms with van der Waals surface area (Å²) < 4.78 is 5.28. The Balaban J connectivity index is 2.42. The van der Waals surface area contributed by atoms with Crippen molar-refractivity contribution in [2.45, 2.75) is 13.5 Å². The SMILES string of the molecule is C=C(/C=C\C(Cl)=C/C)OCc1cc(=O)[nH][nH]1. The van der Waals surface area contributed by atoms with Crippen molar-refractivity contribution >= 4 is 11.6 Å². The van der Waals surface area contributed by atoms with Crippen molar-refractivity contribution in [2.75, 3.05) is 0 Å². The topological polar surface area (TPSA) is 57.9 Å². The molecule has 1 heterocycles. The zero-order valence-corrected chi connectivity index (χ0v) is 9.67. The molecule has 0 aliphatic carbocycles. The predicted molar refractivity (Wildman–Crippen MR) is 64.1 cm³/mol. The Morgan fingerprint density at radius 2 is 2.31 bits per heavy atom. The number of aromatic nitrogens is 2. The van der Waals surface area contributed by atoms with E-state index in [1.807, 2.05) is 6.92 Å². The minimum atomic E-state index is -0.184. The number of hydrogen-bond donors (Lipinski definition) is 2. The summed E-state index contributed by atoms with van der Waals surface area (Å²) in [5.74, 6) is 0.474. The van der Waals surface area contributed by atoms with Crippen LogP contribution in [0.25, 0.3) is 0 Å². The Bertz CT molecular complexity index is 468. The Hall–Kier alpha value is -1.68. The Labute approximate surface area is 98.3 Å². The van der Waals surface area contributed by atoms with Gasteiger partial charge < -0.3 is 4.74 Å². The third kappa shape index (κ3) is 4.23. The molecular weight excluding hydrogens is 228 g/mol. The molecule has 0 saturated carbocycles. The fourth-order valence-corrected chi connectivity index (χ4v) is 1.00. The van der Waals surface area contributed by atoms with Crippen LogP contribution in [0.3, 0.4) is 0 Å². The van der Waals surface area contributed by atoms with Crippen LogP contribution in [-0.4, -0.2) is 10.2 Å². The van der Waals surface area contributed by atoms with Crippen LogP contribution in [-0.2, 0) is 11.3 Å². The molecule has 16 heavy (non-hydrogen) atoms. The van der Waals surface area contributed by atoms with E-state index in [-0.39, 0.29) is 12.2 Å². The lowest BCUT2D eigenvalue weighted by atomic mass is 10.4. The van der Waals surface area contributed by atoms with E-state index in [9.17, 15) is 4.79 Å². The maximum atomic E-state index is 10.8. The van der Waals surface area contributed by atoms with Gasteiger partial charge in [0.15, 0.2) is 0 Å². The molecular formula is C11H13ClN2O2. The van der Waals surface area contributed by atoms with Gasteiger partial charge in [0.05, 0.1) is 5.69 Å². The highest BCUT2D eigenvalue weighted by Gasteiger charge is 1.97. The van der Waals surface area contributed by atoms with Crippen molar-refractivity contribution in [1.29, 1.82) is 0 Å². The van der Waals surface area contributed by atoms with Gasteiger partial charge in [-0.15, -0.1) is 0 Å². The second-order valence-corrected chi connectivity index (χ2v) is 3.48. The van der Waals surface area contributed by atoms with Gasteiger partial charge in [-0.2, -0.15) is 0 Å². The number of halogens is 1. The standard InChI is InChI=1S/C11H13ClN2O2/c1-3-9(12)5-4-8(2)16-7-10-6-11(15)14-13-10/h3-6H,2,7H2,1H3,(H2,13,14,15)/b5-4-,9-3+. The van der Waals surface area contributed by atoms with E-state index >= 15 is 0 Å². The largest absolute Gasteiger partial charge is 0.488 e. The van der Waals surface area contributed by atoms with Gasteiger partial charge in [0, 0.05) is 11.1 Å². The quantitative estimate of drug-likeness (QED) is 0.614. The van der Waals surface area contributed by atoms with Crippen molar-refractivity contribution in [1.82, 2.24) is 10.2 Å². The van der Waals surface area contributed by atoms with E-state index in [1.165, 1.54) is 6.07 Å². The molecule has 1 rings (SSSR count). The fourth-order valence-electron chi connectivity index (χ4n) is 0.937. The number of rotatable bonds is 5. The molecule has 86 valence electrons. The molecule has 1 aromatic rings. The first kappa shape index (κ1) is 12.4. The first-order chi connectivity index (χ1) is 7.61. The molecule has 0 amide bonds. The van der Waals surface area contributed by atoms with E-state index < -0.39 is 0 Å². The van der Waals surface area contributed by atoms with Crippen LogP contribution >= 0.6 is 11.6 Å². The molecule has 0 aromatic carbocycles. The molecule has 4 nitrogen and oxygen atoms in total. The smallest absolute Gasteiger partial charge is 0.264 e. The summed E-state index contributed by atoms with van der Waals surface area (Å²) in [6.07, 6.45) is 5.10. The number of nitrogens with one attached hydrogen (secondary N) is 2. The minimum Gasteiger partial charge on any atom is -0.488 e. The fraction of sp³-hybridized carbons (Fsp3) is 0.182. The Morgan fingerprint density at radius 1 is 1.56 bits per heavy atom. The van der Waals surface area contributed by atoms with Gasteiger partial charge in [0.25, 0.3) is 5.56 Å². The van der Waals surface area contributed by atoms with E-state index in [1.54, 1.807) is 18.2 Å². The average molecular weight is 241 g/mol. The molecule has 0 bridgehead atoms. The molecule has 0 aliphatic heterocycles. The third-order valence-electron chi connectivity index (χ3n) is 1.77. The molecule has 2 N–H and O–H groups in total. The highest BCUT2D eigenvalue weighted by Crippen LogP contribution is 2.06. The van der Waals surface area contributed by atoms with Crippen LogP contribution in [0.2, 0.25) is 0 Å². The summed E-state index contributed by atoms with van der Waals surface area (Å²) >= 11 is 5.75. The van der Waals surface area contributed by atoms with Crippen LogP contribution in [0, 0.1) is 0 Å². The zero-order chi connectivity index (χ0) is 12.0. The van der Waals surface area contributed by atoms with Crippen molar-refractivity contribution < 1.29 is 4.74 Å². The molecule has 0 fully saturated rings. The van der Waals surface area contributed by atoms with E-state index in [0.29, 0.717) is 16.5 Å². The predicted octanol–water partition coefficient (Wildman–Crippen LogP) is 2.43. The van der Waals surface area contributed by atoms with Gasteiger partial charge in [0.2, 0.25) is 0 Å². The lowest BCUT2D eigenvalue weighted by molar-refractivity contribution is 0.209. The van der Waals surface area contributed by atoms with Crippen LogP contribution in [0.15, 0.2) is 46.5 Å².